The highest BCUT2D eigenvalue weighted by atomic mass is 15.2. The number of hydrogen-bond donors (Lipinski definition) is 1. The Balaban J connectivity index is 1.97. The molecule has 2 rings (SSSR count). The zero-order valence-corrected chi connectivity index (χ0v) is 14.7. The van der Waals surface area contributed by atoms with E-state index in [4.69, 9.17) is 0 Å². The Morgan fingerprint density at radius 1 is 0.905 bits per heavy atom. The molecule has 0 aromatic heterocycles. The normalized spacial score (nSPS) is 30.0. The van der Waals surface area contributed by atoms with Crippen LogP contribution in [0.4, 0.5) is 0 Å². The summed E-state index contributed by atoms with van der Waals surface area (Å²) in [6.07, 6.45) is 12.6. The molecular formula is C19H38N2. The summed E-state index contributed by atoms with van der Waals surface area (Å²) in [5.41, 5.74) is 0. The minimum Gasteiger partial charge on any atom is -0.312 e. The van der Waals surface area contributed by atoms with Gasteiger partial charge in [0.1, 0.15) is 0 Å². The van der Waals surface area contributed by atoms with Crippen LogP contribution >= 0.6 is 0 Å². The van der Waals surface area contributed by atoms with E-state index in [0.29, 0.717) is 0 Å². The fraction of sp³-hybridized carbons (Fsp3) is 1.00. The van der Waals surface area contributed by atoms with Gasteiger partial charge in [0, 0.05) is 18.6 Å². The number of hydrogen-bond acceptors (Lipinski definition) is 2. The molecule has 2 saturated carbocycles. The van der Waals surface area contributed by atoms with Crippen LogP contribution in [-0.4, -0.2) is 36.6 Å². The van der Waals surface area contributed by atoms with Gasteiger partial charge in [0.2, 0.25) is 0 Å². The van der Waals surface area contributed by atoms with Gasteiger partial charge in [-0.25, -0.2) is 0 Å². The standard InChI is InChI=1S/C19H38N2/c1-4-7-16-10-11-18(20-12-5-2)19(14-16)21(13-6-3)15-17-8-9-17/h16-20H,4-15H2,1-3H3. The van der Waals surface area contributed by atoms with Gasteiger partial charge < -0.3 is 5.32 Å². The van der Waals surface area contributed by atoms with Crippen molar-refractivity contribution >= 4 is 0 Å². The molecule has 2 aliphatic carbocycles. The molecular weight excluding hydrogens is 256 g/mol. The summed E-state index contributed by atoms with van der Waals surface area (Å²) in [6.45, 7) is 10.9. The van der Waals surface area contributed by atoms with Crippen LogP contribution in [0.2, 0.25) is 0 Å². The van der Waals surface area contributed by atoms with Crippen molar-refractivity contribution in [2.75, 3.05) is 19.6 Å². The summed E-state index contributed by atoms with van der Waals surface area (Å²) in [7, 11) is 0. The highest BCUT2D eigenvalue weighted by molar-refractivity contribution is 4.93. The predicted molar refractivity (Wildman–Crippen MR) is 92.7 cm³/mol. The monoisotopic (exact) mass is 294 g/mol. The van der Waals surface area contributed by atoms with E-state index in [1.165, 1.54) is 77.4 Å². The Morgan fingerprint density at radius 2 is 1.67 bits per heavy atom. The van der Waals surface area contributed by atoms with E-state index >= 15 is 0 Å². The van der Waals surface area contributed by atoms with E-state index in [-0.39, 0.29) is 0 Å². The minimum absolute atomic E-state index is 0.753. The van der Waals surface area contributed by atoms with Crippen molar-refractivity contribution in [3.8, 4) is 0 Å². The Kier molecular flexibility index (Phi) is 7.53. The molecule has 2 heteroatoms. The lowest BCUT2D eigenvalue weighted by atomic mass is 9.79. The van der Waals surface area contributed by atoms with Crippen molar-refractivity contribution in [1.29, 1.82) is 0 Å². The molecule has 0 spiro atoms. The van der Waals surface area contributed by atoms with Gasteiger partial charge in [-0.05, 0) is 69.9 Å². The highest BCUT2D eigenvalue weighted by Crippen LogP contribution is 2.35. The van der Waals surface area contributed by atoms with Gasteiger partial charge in [0.15, 0.2) is 0 Å². The van der Waals surface area contributed by atoms with Gasteiger partial charge in [0.05, 0.1) is 0 Å². The van der Waals surface area contributed by atoms with Crippen molar-refractivity contribution in [3.63, 3.8) is 0 Å². The Labute approximate surface area is 133 Å². The van der Waals surface area contributed by atoms with Crippen molar-refractivity contribution < 1.29 is 0 Å². The van der Waals surface area contributed by atoms with Crippen LogP contribution in [0, 0.1) is 11.8 Å². The van der Waals surface area contributed by atoms with Gasteiger partial charge >= 0.3 is 0 Å². The quantitative estimate of drug-likeness (QED) is 0.640. The van der Waals surface area contributed by atoms with Crippen molar-refractivity contribution in [2.45, 2.75) is 90.6 Å². The first-order chi connectivity index (χ1) is 10.3. The summed E-state index contributed by atoms with van der Waals surface area (Å²) < 4.78 is 0. The van der Waals surface area contributed by atoms with Crippen LogP contribution in [0.5, 0.6) is 0 Å². The van der Waals surface area contributed by atoms with Crippen molar-refractivity contribution in [2.24, 2.45) is 11.8 Å². The van der Waals surface area contributed by atoms with Crippen LogP contribution in [-0.2, 0) is 0 Å². The second-order valence-electron chi connectivity index (χ2n) is 7.53. The van der Waals surface area contributed by atoms with Crippen molar-refractivity contribution in [1.82, 2.24) is 10.2 Å². The summed E-state index contributed by atoms with van der Waals surface area (Å²) in [5, 5.41) is 3.87. The summed E-state index contributed by atoms with van der Waals surface area (Å²) >= 11 is 0. The van der Waals surface area contributed by atoms with Crippen LogP contribution < -0.4 is 5.32 Å². The molecule has 2 nitrogen and oxygen atoms in total. The fourth-order valence-corrected chi connectivity index (χ4v) is 4.18. The average Bonchev–Trinajstić information content (AvgIpc) is 3.30. The third kappa shape index (κ3) is 5.56. The molecule has 0 heterocycles. The number of nitrogens with one attached hydrogen (secondary N) is 1. The lowest BCUT2D eigenvalue weighted by Crippen LogP contribution is -2.54. The van der Waals surface area contributed by atoms with E-state index in [0.717, 1.165) is 23.9 Å². The topological polar surface area (TPSA) is 15.3 Å². The van der Waals surface area contributed by atoms with Gasteiger partial charge in [-0.3, -0.25) is 4.90 Å². The molecule has 0 aliphatic heterocycles. The van der Waals surface area contributed by atoms with Crippen LogP contribution in [0.1, 0.15) is 78.6 Å². The lowest BCUT2D eigenvalue weighted by Gasteiger charge is -2.43. The number of rotatable bonds is 10. The fourth-order valence-electron chi connectivity index (χ4n) is 4.18. The molecule has 0 aromatic rings. The van der Waals surface area contributed by atoms with Crippen LogP contribution in [0.25, 0.3) is 0 Å². The Morgan fingerprint density at radius 3 is 2.29 bits per heavy atom. The minimum atomic E-state index is 0.753. The van der Waals surface area contributed by atoms with Crippen LogP contribution in [0.15, 0.2) is 0 Å². The van der Waals surface area contributed by atoms with E-state index < -0.39 is 0 Å². The molecule has 3 unspecified atom stereocenters. The average molecular weight is 295 g/mol. The summed E-state index contributed by atoms with van der Waals surface area (Å²) in [4.78, 5) is 2.87. The largest absolute Gasteiger partial charge is 0.312 e. The maximum Gasteiger partial charge on any atom is 0.0252 e. The lowest BCUT2D eigenvalue weighted by molar-refractivity contribution is 0.0893. The van der Waals surface area contributed by atoms with Gasteiger partial charge in [0.25, 0.3) is 0 Å². The molecule has 0 bridgehead atoms. The first kappa shape index (κ1) is 17.3. The zero-order valence-electron chi connectivity index (χ0n) is 14.7. The Hall–Kier alpha value is -0.0800. The molecule has 0 aromatic carbocycles. The van der Waals surface area contributed by atoms with Gasteiger partial charge in [-0.15, -0.1) is 0 Å². The maximum atomic E-state index is 3.87. The maximum absolute atomic E-state index is 3.87. The predicted octanol–water partition coefficient (Wildman–Crippen LogP) is 4.45. The van der Waals surface area contributed by atoms with E-state index in [1.54, 1.807) is 0 Å². The molecule has 0 saturated heterocycles. The van der Waals surface area contributed by atoms with E-state index in [1.807, 2.05) is 0 Å². The van der Waals surface area contributed by atoms with E-state index in [2.05, 4.69) is 31.0 Å². The third-order valence-electron chi connectivity index (χ3n) is 5.45. The third-order valence-corrected chi connectivity index (χ3v) is 5.45. The summed E-state index contributed by atoms with van der Waals surface area (Å²) in [6, 6.07) is 1.56. The van der Waals surface area contributed by atoms with E-state index in [9.17, 15) is 0 Å². The zero-order chi connectivity index (χ0) is 15.1. The molecule has 21 heavy (non-hydrogen) atoms. The van der Waals surface area contributed by atoms with Crippen LogP contribution in [0.3, 0.4) is 0 Å². The Bertz CT molecular complexity index is 275. The number of nitrogens with zero attached hydrogens (tertiary/aromatic N) is 1. The summed E-state index contributed by atoms with van der Waals surface area (Å²) in [5.74, 6) is 2.01. The van der Waals surface area contributed by atoms with Crippen molar-refractivity contribution in [3.05, 3.63) is 0 Å². The highest BCUT2D eigenvalue weighted by Gasteiger charge is 2.35. The second kappa shape index (κ2) is 9.15. The molecule has 2 aliphatic rings. The molecule has 1 N–H and O–H groups in total. The van der Waals surface area contributed by atoms with Gasteiger partial charge in [-0.1, -0.05) is 33.6 Å². The first-order valence-corrected chi connectivity index (χ1v) is 9.75. The molecule has 0 radical (unpaired) electrons. The molecule has 3 atom stereocenters. The molecule has 2 fully saturated rings. The van der Waals surface area contributed by atoms with Gasteiger partial charge in [-0.2, -0.15) is 0 Å². The smallest absolute Gasteiger partial charge is 0.0252 e. The molecule has 0 amide bonds. The first-order valence-electron chi connectivity index (χ1n) is 9.75. The second-order valence-corrected chi connectivity index (χ2v) is 7.53. The molecule has 124 valence electrons. The SMILES string of the molecule is CCCNC1CCC(CCC)CC1N(CCC)CC1CC1.